The van der Waals surface area contributed by atoms with E-state index in [1.807, 2.05) is 37.3 Å². The topological polar surface area (TPSA) is 62.3 Å². The summed E-state index contributed by atoms with van der Waals surface area (Å²) in [6.07, 6.45) is 9.08. The van der Waals surface area contributed by atoms with Gasteiger partial charge in [0.15, 0.2) is 0 Å². The van der Waals surface area contributed by atoms with Crippen LogP contribution >= 0.6 is 0 Å². The Morgan fingerprint density at radius 3 is 2.66 bits per heavy atom. The van der Waals surface area contributed by atoms with E-state index in [2.05, 4.69) is 10.3 Å². The Balaban J connectivity index is 1.59. The van der Waals surface area contributed by atoms with Gasteiger partial charge in [-0.05, 0) is 55.5 Å². The van der Waals surface area contributed by atoms with E-state index in [1.54, 1.807) is 24.2 Å². The van der Waals surface area contributed by atoms with Crippen LogP contribution in [0.5, 0.6) is 0 Å². The number of likely N-dealkylation sites (N-methyl/N-ethyl adjacent to an activating group) is 1. The third-order valence-electron chi connectivity index (χ3n) is 5.73. The third kappa shape index (κ3) is 6.14. The van der Waals surface area contributed by atoms with Gasteiger partial charge < -0.3 is 10.2 Å². The minimum absolute atomic E-state index is 0.0492. The van der Waals surface area contributed by atoms with Gasteiger partial charge in [0.2, 0.25) is 5.91 Å². The van der Waals surface area contributed by atoms with Crippen LogP contribution in [0.4, 0.5) is 5.69 Å². The highest BCUT2D eigenvalue weighted by molar-refractivity contribution is 5.97. The molecule has 0 aliphatic heterocycles. The van der Waals surface area contributed by atoms with Crippen LogP contribution in [0, 0.1) is 12.8 Å². The molecule has 2 aromatic rings. The number of aromatic nitrogens is 1. The fraction of sp³-hybridized carbons (Fsp3) is 0.458. The number of anilines is 1. The second kappa shape index (κ2) is 10.2. The molecule has 1 saturated carbocycles. The van der Waals surface area contributed by atoms with Crippen LogP contribution < -0.4 is 5.32 Å². The van der Waals surface area contributed by atoms with Gasteiger partial charge in [-0.2, -0.15) is 0 Å². The molecule has 1 fully saturated rings. The lowest BCUT2D eigenvalue weighted by molar-refractivity contribution is -0.117. The minimum Gasteiger partial charge on any atom is -0.341 e. The molecule has 0 atom stereocenters. The third-order valence-corrected chi connectivity index (χ3v) is 5.73. The van der Waals surface area contributed by atoms with Crippen LogP contribution in [0.15, 0.2) is 42.6 Å². The Kier molecular flexibility index (Phi) is 7.39. The molecule has 0 saturated heterocycles. The fourth-order valence-corrected chi connectivity index (χ4v) is 3.89. The highest BCUT2D eigenvalue weighted by atomic mass is 16.2. The van der Waals surface area contributed by atoms with E-state index in [-0.39, 0.29) is 11.8 Å². The normalized spacial score (nSPS) is 14.4. The Bertz CT molecular complexity index is 829. The average molecular weight is 394 g/mol. The van der Waals surface area contributed by atoms with Gasteiger partial charge in [0.25, 0.3) is 5.91 Å². The lowest BCUT2D eigenvalue weighted by Crippen LogP contribution is -2.29. The van der Waals surface area contributed by atoms with Crippen molar-refractivity contribution in [1.82, 2.24) is 9.88 Å². The summed E-state index contributed by atoms with van der Waals surface area (Å²) in [6.45, 7) is 2.54. The molecule has 1 N–H and O–H groups in total. The van der Waals surface area contributed by atoms with Crippen molar-refractivity contribution in [3.63, 3.8) is 0 Å². The lowest BCUT2D eigenvalue weighted by atomic mass is 9.87. The second-order valence-electron chi connectivity index (χ2n) is 8.08. The zero-order valence-electron chi connectivity index (χ0n) is 17.5. The number of nitrogens with zero attached hydrogens (tertiary/aromatic N) is 2. The van der Waals surface area contributed by atoms with Crippen molar-refractivity contribution in [2.45, 2.75) is 51.9 Å². The molecule has 3 rings (SSSR count). The molecule has 0 radical (unpaired) electrons. The number of pyridine rings is 1. The molecule has 5 heteroatoms. The number of aryl methyl sites for hydroxylation is 1. The molecular weight excluding hydrogens is 362 g/mol. The first-order chi connectivity index (χ1) is 14.0. The predicted octanol–water partition coefficient (Wildman–Crippen LogP) is 4.61. The number of carbonyl (C=O) groups is 2. The highest BCUT2D eigenvalue weighted by Crippen LogP contribution is 2.27. The Morgan fingerprint density at radius 1 is 1.14 bits per heavy atom. The molecule has 2 amide bonds. The molecule has 0 spiro atoms. The highest BCUT2D eigenvalue weighted by Gasteiger charge is 2.18. The van der Waals surface area contributed by atoms with Crippen molar-refractivity contribution in [3.8, 4) is 0 Å². The molecule has 5 nitrogen and oxygen atoms in total. The minimum atomic E-state index is -0.0521. The molecule has 1 heterocycles. The maximum absolute atomic E-state index is 12.8. The molecule has 1 aliphatic rings. The SMILES string of the molecule is Cc1ccc(C(=O)N(C)CCc2ccccn2)cc1NC(=O)CC1CCCCC1. The van der Waals surface area contributed by atoms with Crippen LogP contribution in [-0.4, -0.2) is 35.3 Å². The number of benzene rings is 1. The van der Waals surface area contributed by atoms with Crippen molar-refractivity contribution in [2.24, 2.45) is 5.92 Å². The molecule has 1 aromatic heterocycles. The first kappa shape index (κ1) is 21.0. The maximum atomic E-state index is 12.8. The van der Waals surface area contributed by atoms with Gasteiger partial charge in [-0.15, -0.1) is 0 Å². The van der Waals surface area contributed by atoms with E-state index in [9.17, 15) is 9.59 Å². The Morgan fingerprint density at radius 2 is 1.93 bits per heavy atom. The van der Waals surface area contributed by atoms with Gasteiger partial charge in [0, 0.05) is 49.6 Å². The van der Waals surface area contributed by atoms with E-state index in [1.165, 1.54) is 19.3 Å². The van der Waals surface area contributed by atoms with E-state index >= 15 is 0 Å². The van der Waals surface area contributed by atoms with Gasteiger partial charge in [-0.1, -0.05) is 31.4 Å². The summed E-state index contributed by atoms with van der Waals surface area (Å²) >= 11 is 0. The fourth-order valence-electron chi connectivity index (χ4n) is 3.89. The zero-order chi connectivity index (χ0) is 20.6. The van der Waals surface area contributed by atoms with Crippen molar-refractivity contribution in [1.29, 1.82) is 0 Å². The largest absolute Gasteiger partial charge is 0.341 e. The van der Waals surface area contributed by atoms with Gasteiger partial charge in [0.05, 0.1) is 0 Å². The maximum Gasteiger partial charge on any atom is 0.253 e. The first-order valence-corrected chi connectivity index (χ1v) is 10.6. The number of hydrogen-bond acceptors (Lipinski definition) is 3. The standard InChI is InChI=1S/C24H31N3O2/c1-18-11-12-20(24(29)27(2)15-13-21-10-6-7-14-25-21)17-22(18)26-23(28)16-19-8-4-3-5-9-19/h6-7,10-12,14,17,19H,3-5,8-9,13,15-16H2,1-2H3,(H,26,28). The Hall–Kier alpha value is -2.69. The van der Waals surface area contributed by atoms with E-state index < -0.39 is 0 Å². The number of carbonyl (C=O) groups excluding carboxylic acids is 2. The second-order valence-corrected chi connectivity index (χ2v) is 8.08. The lowest BCUT2D eigenvalue weighted by Gasteiger charge is -2.21. The molecule has 1 aliphatic carbocycles. The van der Waals surface area contributed by atoms with Crippen LogP contribution in [0.1, 0.15) is 60.1 Å². The summed E-state index contributed by atoms with van der Waals surface area (Å²) in [4.78, 5) is 31.3. The van der Waals surface area contributed by atoms with Crippen LogP contribution in [0.3, 0.4) is 0 Å². The van der Waals surface area contributed by atoms with E-state index in [0.717, 1.165) is 29.8 Å². The quantitative estimate of drug-likeness (QED) is 0.747. The summed E-state index contributed by atoms with van der Waals surface area (Å²) < 4.78 is 0. The van der Waals surface area contributed by atoms with Crippen molar-refractivity contribution < 1.29 is 9.59 Å². The van der Waals surface area contributed by atoms with Crippen LogP contribution in [0.2, 0.25) is 0 Å². The van der Waals surface area contributed by atoms with Crippen molar-refractivity contribution in [2.75, 3.05) is 18.9 Å². The smallest absolute Gasteiger partial charge is 0.253 e. The van der Waals surface area contributed by atoms with Gasteiger partial charge in [0.1, 0.15) is 0 Å². The van der Waals surface area contributed by atoms with Crippen molar-refractivity contribution >= 4 is 17.5 Å². The van der Waals surface area contributed by atoms with Crippen LogP contribution in [0.25, 0.3) is 0 Å². The van der Waals surface area contributed by atoms with E-state index in [0.29, 0.717) is 30.9 Å². The number of hydrogen-bond donors (Lipinski definition) is 1. The molecule has 1 aromatic carbocycles. The van der Waals surface area contributed by atoms with E-state index in [4.69, 9.17) is 0 Å². The van der Waals surface area contributed by atoms with Crippen molar-refractivity contribution in [3.05, 3.63) is 59.4 Å². The van der Waals surface area contributed by atoms with Gasteiger partial charge in [-0.3, -0.25) is 14.6 Å². The monoisotopic (exact) mass is 393 g/mol. The number of amides is 2. The number of rotatable bonds is 7. The Labute approximate surface area is 173 Å². The van der Waals surface area contributed by atoms with Gasteiger partial charge in [-0.25, -0.2) is 0 Å². The molecule has 29 heavy (non-hydrogen) atoms. The molecule has 0 unspecified atom stereocenters. The number of nitrogens with one attached hydrogen (secondary N) is 1. The summed E-state index contributed by atoms with van der Waals surface area (Å²) in [5, 5.41) is 3.03. The summed E-state index contributed by atoms with van der Waals surface area (Å²) in [5.41, 5.74) is 3.25. The molecule has 154 valence electrons. The van der Waals surface area contributed by atoms with Crippen LogP contribution in [-0.2, 0) is 11.2 Å². The predicted molar refractivity (Wildman–Crippen MR) is 116 cm³/mol. The summed E-state index contributed by atoms with van der Waals surface area (Å²) in [6, 6.07) is 11.3. The average Bonchev–Trinajstić information content (AvgIpc) is 2.74. The summed E-state index contributed by atoms with van der Waals surface area (Å²) in [7, 11) is 1.80. The summed E-state index contributed by atoms with van der Waals surface area (Å²) in [5.74, 6) is 0.489. The molecular formula is C24H31N3O2. The first-order valence-electron chi connectivity index (χ1n) is 10.6. The van der Waals surface area contributed by atoms with Gasteiger partial charge >= 0.3 is 0 Å². The zero-order valence-corrected chi connectivity index (χ0v) is 17.5. The molecule has 0 bridgehead atoms.